The first-order chi connectivity index (χ1) is 12.4. The van der Waals surface area contributed by atoms with E-state index >= 15 is 0 Å². The Bertz CT molecular complexity index is 780. The molecule has 0 saturated carbocycles. The second kappa shape index (κ2) is 10.0. The summed E-state index contributed by atoms with van der Waals surface area (Å²) in [5, 5.41) is 3.61. The summed E-state index contributed by atoms with van der Waals surface area (Å²) in [5.74, 6) is -0.225. The summed E-state index contributed by atoms with van der Waals surface area (Å²) in [6, 6.07) is 12.5. The van der Waals surface area contributed by atoms with Gasteiger partial charge in [0.1, 0.15) is 5.75 Å². The molecule has 2 rings (SSSR count). The zero-order valence-corrected chi connectivity index (χ0v) is 15.8. The summed E-state index contributed by atoms with van der Waals surface area (Å²) in [7, 11) is 0. The number of carbonyl (C=O) groups excluding carboxylic acids is 2. The fourth-order valence-electron chi connectivity index (χ4n) is 2.09. The molecule has 0 heterocycles. The van der Waals surface area contributed by atoms with E-state index in [9.17, 15) is 9.59 Å². The molecule has 26 heavy (non-hydrogen) atoms. The van der Waals surface area contributed by atoms with Crippen molar-refractivity contribution in [2.24, 2.45) is 0 Å². The summed E-state index contributed by atoms with van der Waals surface area (Å²) in [6.07, 6.45) is 0.0598. The fraction of sp³-hybridized carbons (Fsp3) is 0.263. The highest BCUT2D eigenvalue weighted by atomic mass is 35.5. The van der Waals surface area contributed by atoms with Crippen LogP contribution in [0.4, 0.5) is 0 Å². The smallest absolute Gasteiger partial charge is 0.309 e. The summed E-state index contributed by atoms with van der Waals surface area (Å²) in [5.41, 5.74) is 1.80. The SMILES string of the molecule is Cc1cccc(OCCC(=O)OCC(=O)NCc2ccc(Cl)cc2Cl)c1. The molecule has 0 atom stereocenters. The molecule has 0 aliphatic carbocycles. The van der Waals surface area contributed by atoms with Crippen LogP contribution in [0.15, 0.2) is 42.5 Å². The number of esters is 1. The van der Waals surface area contributed by atoms with Crippen molar-refractivity contribution in [3.63, 3.8) is 0 Å². The van der Waals surface area contributed by atoms with E-state index in [1.54, 1.807) is 18.2 Å². The van der Waals surface area contributed by atoms with E-state index in [1.165, 1.54) is 0 Å². The number of rotatable bonds is 8. The Labute approximate surface area is 162 Å². The Morgan fingerprint density at radius 2 is 1.92 bits per heavy atom. The van der Waals surface area contributed by atoms with Crippen LogP contribution >= 0.6 is 23.2 Å². The summed E-state index contributed by atoms with van der Waals surface area (Å²) >= 11 is 11.8. The summed E-state index contributed by atoms with van der Waals surface area (Å²) in [4.78, 5) is 23.4. The zero-order chi connectivity index (χ0) is 18.9. The molecule has 0 aliphatic rings. The molecule has 0 saturated heterocycles. The van der Waals surface area contributed by atoms with Gasteiger partial charge in [-0.05, 0) is 42.3 Å². The molecular formula is C19H19Cl2NO4. The van der Waals surface area contributed by atoms with E-state index in [-0.39, 0.29) is 26.2 Å². The monoisotopic (exact) mass is 395 g/mol. The number of hydrogen-bond acceptors (Lipinski definition) is 4. The predicted molar refractivity (Wildman–Crippen MR) is 101 cm³/mol. The summed E-state index contributed by atoms with van der Waals surface area (Å²) in [6.45, 7) is 2.01. The molecule has 0 fully saturated rings. The molecule has 2 aromatic carbocycles. The van der Waals surface area contributed by atoms with Crippen LogP contribution in [0.3, 0.4) is 0 Å². The van der Waals surface area contributed by atoms with Crippen molar-refractivity contribution in [1.82, 2.24) is 5.32 Å². The lowest BCUT2D eigenvalue weighted by molar-refractivity contribution is -0.149. The molecule has 0 spiro atoms. The van der Waals surface area contributed by atoms with Crippen molar-refractivity contribution in [2.75, 3.05) is 13.2 Å². The van der Waals surface area contributed by atoms with Crippen LogP contribution in [0, 0.1) is 6.92 Å². The lowest BCUT2D eigenvalue weighted by Crippen LogP contribution is -2.28. The van der Waals surface area contributed by atoms with Crippen LogP contribution in [-0.4, -0.2) is 25.1 Å². The average molecular weight is 396 g/mol. The maximum atomic E-state index is 11.7. The molecule has 0 aromatic heterocycles. The van der Waals surface area contributed by atoms with Gasteiger partial charge in [-0.25, -0.2) is 0 Å². The number of amides is 1. The number of ether oxygens (including phenoxy) is 2. The second-order valence-corrected chi connectivity index (χ2v) is 6.43. The Morgan fingerprint density at radius 1 is 1.12 bits per heavy atom. The van der Waals surface area contributed by atoms with Crippen LogP contribution in [0.25, 0.3) is 0 Å². The van der Waals surface area contributed by atoms with Gasteiger partial charge < -0.3 is 14.8 Å². The Hall–Kier alpha value is -2.24. The Morgan fingerprint density at radius 3 is 2.65 bits per heavy atom. The van der Waals surface area contributed by atoms with Gasteiger partial charge in [-0.2, -0.15) is 0 Å². The number of benzene rings is 2. The molecule has 7 heteroatoms. The van der Waals surface area contributed by atoms with Crippen LogP contribution in [-0.2, 0) is 20.9 Å². The molecule has 5 nitrogen and oxygen atoms in total. The van der Waals surface area contributed by atoms with Gasteiger partial charge in [0, 0.05) is 16.6 Å². The maximum absolute atomic E-state index is 11.7. The topological polar surface area (TPSA) is 64.6 Å². The molecule has 0 unspecified atom stereocenters. The minimum Gasteiger partial charge on any atom is -0.493 e. The van der Waals surface area contributed by atoms with E-state index in [2.05, 4.69) is 5.32 Å². The third-order valence-electron chi connectivity index (χ3n) is 3.42. The molecule has 1 amide bonds. The average Bonchev–Trinajstić information content (AvgIpc) is 2.59. The largest absolute Gasteiger partial charge is 0.493 e. The van der Waals surface area contributed by atoms with E-state index in [0.717, 1.165) is 11.1 Å². The standard InChI is InChI=1S/C19H19Cl2NO4/c1-13-3-2-4-16(9-13)25-8-7-19(24)26-12-18(23)22-11-14-5-6-15(20)10-17(14)21/h2-6,9-10H,7-8,11-12H2,1H3,(H,22,23). The predicted octanol–water partition coefficient (Wildman–Crippen LogP) is 3.93. The lowest BCUT2D eigenvalue weighted by Gasteiger charge is -2.09. The number of halogens is 2. The Kier molecular flexibility index (Phi) is 7.75. The third kappa shape index (κ3) is 6.94. The van der Waals surface area contributed by atoms with E-state index in [1.807, 2.05) is 31.2 Å². The van der Waals surface area contributed by atoms with Gasteiger partial charge in [0.15, 0.2) is 6.61 Å². The van der Waals surface area contributed by atoms with Crippen LogP contribution in [0.5, 0.6) is 5.75 Å². The highest BCUT2D eigenvalue weighted by molar-refractivity contribution is 6.35. The van der Waals surface area contributed by atoms with Crippen molar-refractivity contribution in [2.45, 2.75) is 19.9 Å². The van der Waals surface area contributed by atoms with Crippen molar-refractivity contribution >= 4 is 35.1 Å². The number of nitrogens with one attached hydrogen (secondary N) is 1. The van der Waals surface area contributed by atoms with Crippen LogP contribution in [0.2, 0.25) is 10.0 Å². The van der Waals surface area contributed by atoms with E-state index < -0.39 is 11.9 Å². The highest BCUT2D eigenvalue weighted by Crippen LogP contribution is 2.20. The van der Waals surface area contributed by atoms with E-state index in [0.29, 0.717) is 15.8 Å². The molecule has 2 aromatic rings. The first kappa shape index (κ1) is 20.1. The minimum absolute atomic E-state index is 0.0598. The molecular weight excluding hydrogens is 377 g/mol. The second-order valence-electron chi connectivity index (χ2n) is 5.59. The maximum Gasteiger partial charge on any atom is 0.309 e. The number of hydrogen-bond donors (Lipinski definition) is 1. The van der Waals surface area contributed by atoms with Gasteiger partial charge in [0.2, 0.25) is 0 Å². The molecule has 138 valence electrons. The summed E-state index contributed by atoms with van der Waals surface area (Å²) < 4.78 is 10.4. The molecule has 0 aliphatic heterocycles. The molecule has 1 N–H and O–H groups in total. The minimum atomic E-state index is -0.502. The van der Waals surface area contributed by atoms with Gasteiger partial charge in [-0.3, -0.25) is 9.59 Å². The number of carbonyl (C=O) groups is 2. The molecule has 0 bridgehead atoms. The van der Waals surface area contributed by atoms with Gasteiger partial charge in [0.05, 0.1) is 13.0 Å². The highest BCUT2D eigenvalue weighted by Gasteiger charge is 2.09. The van der Waals surface area contributed by atoms with Crippen LogP contribution < -0.4 is 10.1 Å². The first-order valence-corrected chi connectivity index (χ1v) is 8.75. The van der Waals surface area contributed by atoms with Crippen molar-refractivity contribution < 1.29 is 19.1 Å². The third-order valence-corrected chi connectivity index (χ3v) is 4.01. The number of aryl methyl sites for hydroxylation is 1. The zero-order valence-electron chi connectivity index (χ0n) is 14.3. The van der Waals surface area contributed by atoms with Crippen molar-refractivity contribution in [1.29, 1.82) is 0 Å². The van der Waals surface area contributed by atoms with Gasteiger partial charge in [0.25, 0.3) is 5.91 Å². The first-order valence-electron chi connectivity index (χ1n) is 8.00. The fourth-order valence-corrected chi connectivity index (χ4v) is 2.56. The van der Waals surface area contributed by atoms with Gasteiger partial charge in [-0.15, -0.1) is 0 Å². The molecule has 0 radical (unpaired) electrons. The van der Waals surface area contributed by atoms with Gasteiger partial charge >= 0.3 is 5.97 Å². The van der Waals surface area contributed by atoms with Crippen molar-refractivity contribution in [3.05, 3.63) is 63.6 Å². The normalized spacial score (nSPS) is 10.3. The lowest BCUT2D eigenvalue weighted by atomic mass is 10.2. The van der Waals surface area contributed by atoms with Crippen molar-refractivity contribution in [3.8, 4) is 5.75 Å². The van der Waals surface area contributed by atoms with Gasteiger partial charge in [-0.1, -0.05) is 41.4 Å². The van der Waals surface area contributed by atoms with E-state index in [4.69, 9.17) is 32.7 Å². The quantitative estimate of drug-likeness (QED) is 0.687. The van der Waals surface area contributed by atoms with Crippen LogP contribution in [0.1, 0.15) is 17.5 Å². The Balaban J connectivity index is 1.64.